The SMILES string of the molecule is CC(Nc1cc(C(=O)NC2CC2)c2ccccc2n1)C(O)Cc1ccccc1. The molecule has 1 amide bonds. The first-order valence-corrected chi connectivity index (χ1v) is 9.79. The van der Waals surface area contributed by atoms with Crippen LogP contribution >= 0.6 is 0 Å². The molecular formula is C23H25N3O2. The Kier molecular flexibility index (Phi) is 5.26. The van der Waals surface area contributed by atoms with E-state index in [4.69, 9.17) is 0 Å². The highest BCUT2D eigenvalue weighted by atomic mass is 16.3. The average molecular weight is 375 g/mol. The minimum absolute atomic E-state index is 0.0679. The smallest absolute Gasteiger partial charge is 0.252 e. The number of rotatable bonds is 7. The van der Waals surface area contributed by atoms with Crippen molar-refractivity contribution in [3.63, 3.8) is 0 Å². The predicted octanol–water partition coefficient (Wildman–Crippen LogP) is 3.53. The summed E-state index contributed by atoms with van der Waals surface area (Å²) in [6.45, 7) is 1.93. The number of nitrogens with zero attached hydrogens (tertiary/aromatic N) is 1. The molecule has 0 aliphatic heterocycles. The monoisotopic (exact) mass is 375 g/mol. The zero-order chi connectivity index (χ0) is 19.5. The summed E-state index contributed by atoms with van der Waals surface area (Å²) in [4.78, 5) is 17.3. The van der Waals surface area contributed by atoms with Gasteiger partial charge in [0.05, 0.1) is 23.2 Å². The first-order valence-electron chi connectivity index (χ1n) is 9.79. The van der Waals surface area contributed by atoms with Crippen molar-refractivity contribution >= 4 is 22.6 Å². The Labute approximate surface area is 164 Å². The summed E-state index contributed by atoms with van der Waals surface area (Å²) in [5.74, 6) is 0.529. The summed E-state index contributed by atoms with van der Waals surface area (Å²) < 4.78 is 0. The number of para-hydroxylation sites is 1. The Hall–Kier alpha value is -2.92. The van der Waals surface area contributed by atoms with Gasteiger partial charge in [-0.3, -0.25) is 4.79 Å². The second-order valence-corrected chi connectivity index (χ2v) is 7.51. The van der Waals surface area contributed by atoms with Crippen molar-refractivity contribution in [3.8, 4) is 0 Å². The number of aromatic nitrogens is 1. The highest BCUT2D eigenvalue weighted by Gasteiger charge is 2.25. The first-order chi connectivity index (χ1) is 13.6. The van der Waals surface area contributed by atoms with Gasteiger partial charge in [-0.2, -0.15) is 0 Å². The van der Waals surface area contributed by atoms with Crippen molar-refractivity contribution in [1.82, 2.24) is 10.3 Å². The number of carbonyl (C=O) groups is 1. The van der Waals surface area contributed by atoms with Crippen molar-refractivity contribution in [1.29, 1.82) is 0 Å². The number of aliphatic hydroxyl groups excluding tert-OH is 1. The maximum Gasteiger partial charge on any atom is 0.252 e. The van der Waals surface area contributed by atoms with E-state index >= 15 is 0 Å². The molecule has 3 aromatic rings. The van der Waals surface area contributed by atoms with E-state index in [9.17, 15) is 9.90 Å². The Bertz CT molecular complexity index is 970. The lowest BCUT2D eigenvalue weighted by Crippen LogP contribution is -2.33. The van der Waals surface area contributed by atoms with Crippen LogP contribution in [0.1, 0.15) is 35.7 Å². The standard InChI is InChI=1S/C23H25N3O2/c1-15(21(27)13-16-7-3-2-4-8-16)24-22-14-19(23(28)25-17-11-12-17)18-9-5-6-10-20(18)26-22/h2-10,14-15,17,21,27H,11-13H2,1H3,(H,24,26)(H,25,28). The fourth-order valence-corrected chi connectivity index (χ4v) is 3.29. The zero-order valence-corrected chi connectivity index (χ0v) is 15.9. The maximum atomic E-state index is 12.7. The van der Waals surface area contributed by atoms with E-state index in [1.54, 1.807) is 6.07 Å². The van der Waals surface area contributed by atoms with Gasteiger partial charge in [-0.25, -0.2) is 4.98 Å². The second kappa shape index (κ2) is 7.98. The lowest BCUT2D eigenvalue weighted by atomic mass is 10.0. The molecule has 4 rings (SSSR count). The van der Waals surface area contributed by atoms with Crippen LogP contribution in [0.3, 0.4) is 0 Å². The normalized spacial score (nSPS) is 15.8. The van der Waals surface area contributed by atoms with Crippen molar-refractivity contribution < 1.29 is 9.90 Å². The van der Waals surface area contributed by atoms with Gasteiger partial charge in [0.15, 0.2) is 0 Å². The first kappa shape index (κ1) is 18.4. The van der Waals surface area contributed by atoms with Gasteiger partial charge in [0.2, 0.25) is 0 Å². The van der Waals surface area contributed by atoms with Gasteiger partial charge in [0, 0.05) is 17.8 Å². The van der Waals surface area contributed by atoms with Crippen LogP contribution in [0.25, 0.3) is 10.9 Å². The molecule has 0 spiro atoms. The highest BCUT2D eigenvalue weighted by Crippen LogP contribution is 2.24. The van der Waals surface area contributed by atoms with Crippen LogP contribution < -0.4 is 10.6 Å². The Morgan fingerprint density at radius 3 is 2.61 bits per heavy atom. The van der Waals surface area contributed by atoms with E-state index in [0.29, 0.717) is 23.8 Å². The third-order valence-corrected chi connectivity index (χ3v) is 5.11. The van der Waals surface area contributed by atoms with Gasteiger partial charge >= 0.3 is 0 Å². The molecule has 2 aromatic carbocycles. The van der Waals surface area contributed by atoms with Crippen LogP contribution in [0.4, 0.5) is 5.82 Å². The lowest BCUT2D eigenvalue weighted by molar-refractivity contribution is 0.0952. The van der Waals surface area contributed by atoms with E-state index in [2.05, 4.69) is 15.6 Å². The van der Waals surface area contributed by atoms with Crippen LogP contribution in [0.2, 0.25) is 0 Å². The number of benzene rings is 2. The molecule has 2 atom stereocenters. The molecule has 1 aromatic heterocycles. The molecule has 1 aliphatic carbocycles. The van der Waals surface area contributed by atoms with Crippen LogP contribution in [0.5, 0.6) is 0 Å². The third kappa shape index (κ3) is 4.31. The lowest BCUT2D eigenvalue weighted by Gasteiger charge is -2.21. The average Bonchev–Trinajstić information content (AvgIpc) is 3.52. The molecule has 0 bridgehead atoms. The van der Waals surface area contributed by atoms with Crippen LogP contribution in [0.15, 0.2) is 60.7 Å². The summed E-state index contributed by atoms with van der Waals surface area (Å²) >= 11 is 0. The Morgan fingerprint density at radius 1 is 1.14 bits per heavy atom. The van der Waals surface area contributed by atoms with Gasteiger partial charge in [-0.1, -0.05) is 48.5 Å². The number of pyridine rings is 1. The number of fused-ring (bicyclic) bond motifs is 1. The summed E-state index contributed by atoms with van der Waals surface area (Å²) in [7, 11) is 0. The number of amides is 1. The van der Waals surface area contributed by atoms with Gasteiger partial charge < -0.3 is 15.7 Å². The summed E-state index contributed by atoms with van der Waals surface area (Å²) in [5, 5.41) is 17.8. The largest absolute Gasteiger partial charge is 0.391 e. The second-order valence-electron chi connectivity index (χ2n) is 7.51. The molecule has 1 fully saturated rings. The molecule has 1 heterocycles. The number of hydrogen-bond donors (Lipinski definition) is 3. The van der Waals surface area contributed by atoms with Crippen LogP contribution in [0, 0.1) is 0 Å². The van der Waals surface area contributed by atoms with Crippen molar-refractivity contribution in [2.75, 3.05) is 5.32 Å². The van der Waals surface area contributed by atoms with E-state index in [-0.39, 0.29) is 11.9 Å². The summed E-state index contributed by atoms with van der Waals surface area (Å²) in [6.07, 6.45) is 2.07. The Morgan fingerprint density at radius 2 is 1.86 bits per heavy atom. The molecule has 0 saturated heterocycles. The maximum absolute atomic E-state index is 12.7. The molecule has 5 heteroatoms. The highest BCUT2D eigenvalue weighted by molar-refractivity contribution is 6.07. The van der Waals surface area contributed by atoms with Gasteiger partial charge in [0.1, 0.15) is 5.82 Å². The van der Waals surface area contributed by atoms with Crippen molar-refractivity contribution in [2.45, 2.75) is 44.4 Å². The fraction of sp³-hybridized carbons (Fsp3) is 0.304. The Balaban J connectivity index is 1.55. The quantitative estimate of drug-likeness (QED) is 0.591. The molecule has 144 valence electrons. The fourth-order valence-electron chi connectivity index (χ4n) is 3.29. The summed E-state index contributed by atoms with van der Waals surface area (Å²) in [5.41, 5.74) is 2.46. The predicted molar refractivity (Wildman–Crippen MR) is 111 cm³/mol. The van der Waals surface area contributed by atoms with Crippen LogP contribution in [-0.2, 0) is 6.42 Å². The number of anilines is 1. The molecule has 0 radical (unpaired) electrons. The number of carbonyl (C=O) groups excluding carboxylic acids is 1. The number of nitrogens with one attached hydrogen (secondary N) is 2. The van der Waals surface area contributed by atoms with Gasteiger partial charge in [-0.15, -0.1) is 0 Å². The molecule has 1 saturated carbocycles. The zero-order valence-electron chi connectivity index (χ0n) is 15.9. The molecule has 3 N–H and O–H groups in total. The van der Waals surface area contributed by atoms with E-state index in [0.717, 1.165) is 29.3 Å². The van der Waals surface area contributed by atoms with E-state index in [1.165, 1.54) is 0 Å². The van der Waals surface area contributed by atoms with Crippen LogP contribution in [-0.4, -0.2) is 34.2 Å². The molecule has 1 aliphatic rings. The third-order valence-electron chi connectivity index (χ3n) is 5.11. The van der Waals surface area contributed by atoms with E-state index < -0.39 is 6.10 Å². The van der Waals surface area contributed by atoms with Gasteiger partial charge in [0.25, 0.3) is 5.91 Å². The minimum atomic E-state index is -0.570. The number of aliphatic hydroxyl groups is 1. The topological polar surface area (TPSA) is 74.2 Å². The van der Waals surface area contributed by atoms with Crippen molar-refractivity contribution in [3.05, 3.63) is 71.8 Å². The molecule has 5 nitrogen and oxygen atoms in total. The molecule has 28 heavy (non-hydrogen) atoms. The van der Waals surface area contributed by atoms with E-state index in [1.807, 2.05) is 61.5 Å². The summed E-state index contributed by atoms with van der Waals surface area (Å²) in [6, 6.07) is 19.4. The molecular weight excluding hydrogens is 350 g/mol. The van der Waals surface area contributed by atoms with Gasteiger partial charge in [-0.05, 0) is 37.5 Å². The molecule has 2 unspecified atom stereocenters. The minimum Gasteiger partial charge on any atom is -0.391 e. The number of hydrogen-bond acceptors (Lipinski definition) is 4. The van der Waals surface area contributed by atoms with Crippen molar-refractivity contribution in [2.24, 2.45) is 0 Å².